The van der Waals surface area contributed by atoms with Crippen LogP contribution in [0, 0.1) is 18.8 Å². The van der Waals surface area contributed by atoms with E-state index >= 15 is 0 Å². The summed E-state index contributed by atoms with van der Waals surface area (Å²) in [4.78, 5) is 19.3. The average Bonchev–Trinajstić information content (AvgIpc) is 2.95. The van der Waals surface area contributed by atoms with Crippen LogP contribution in [0.5, 0.6) is 0 Å². The molecule has 3 heterocycles. The predicted octanol–water partition coefficient (Wildman–Crippen LogP) is 1.98. The number of hydrogen-bond donors (Lipinski definition) is 1. The molecule has 0 saturated carbocycles. The fourth-order valence-corrected chi connectivity index (χ4v) is 3.64. The summed E-state index contributed by atoms with van der Waals surface area (Å²) in [6.07, 6.45) is 1.14. The summed E-state index contributed by atoms with van der Waals surface area (Å²) in [6.45, 7) is 5.92. The zero-order chi connectivity index (χ0) is 11.8. The summed E-state index contributed by atoms with van der Waals surface area (Å²) in [6, 6.07) is 0. The molecule has 19 heavy (non-hydrogen) atoms. The summed E-state index contributed by atoms with van der Waals surface area (Å²) in [7, 11) is 0. The average molecular weight is 324 g/mol. The number of piperidine rings is 1. The number of fused-ring (bicyclic) bond motifs is 1. The van der Waals surface area contributed by atoms with Gasteiger partial charge in [0.05, 0.1) is 11.2 Å². The molecule has 0 bridgehead atoms. The van der Waals surface area contributed by atoms with Crippen LogP contribution in [0.1, 0.15) is 21.8 Å². The monoisotopic (exact) mass is 323 g/mol. The molecule has 2 atom stereocenters. The first kappa shape index (κ1) is 16.7. The maximum atomic E-state index is 12.3. The van der Waals surface area contributed by atoms with Gasteiger partial charge >= 0.3 is 0 Å². The number of carbonyl (C=O) groups is 1. The van der Waals surface area contributed by atoms with E-state index in [0.29, 0.717) is 5.92 Å². The molecule has 2 saturated heterocycles. The first-order chi connectivity index (χ1) is 8.25. The topological polar surface area (TPSA) is 45.2 Å². The minimum atomic E-state index is 0. The normalized spacial score (nSPS) is 25.2. The Labute approximate surface area is 129 Å². The molecule has 0 aromatic carbocycles. The second-order valence-electron chi connectivity index (χ2n) is 4.99. The zero-order valence-electron chi connectivity index (χ0n) is 10.8. The smallest absolute Gasteiger partial charge is 0.265 e. The number of likely N-dealkylation sites (tertiary alicyclic amines) is 1. The number of carbonyl (C=O) groups excluding carboxylic acids is 1. The molecule has 0 spiro atoms. The van der Waals surface area contributed by atoms with E-state index in [1.807, 2.05) is 11.8 Å². The summed E-state index contributed by atoms with van der Waals surface area (Å²) in [5, 5.41) is 3.42. The highest BCUT2D eigenvalue weighted by Crippen LogP contribution is 2.28. The van der Waals surface area contributed by atoms with Gasteiger partial charge in [0.2, 0.25) is 0 Å². The number of hydrogen-bond acceptors (Lipinski definition) is 4. The lowest BCUT2D eigenvalue weighted by Crippen LogP contribution is -2.43. The lowest BCUT2D eigenvalue weighted by molar-refractivity contribution is 0.0646. The molecule has 2 aliphatic rings. The third-order valence-electron chi connectivity index (χ3n) is 3.93. The summed E-state index contributed by atoms with van der Waals surface area (Å²) in [5.41, 5.74) is 2.62. The molecule has 1 N–H and O–H groups in total. The second kappa shape index (κ2) is 6.88. The van der Waals surface area contributed by atoms with Crippen LogP contribution in [-0.4, -0.2) is 42.0 Å². The first-order valence-electron chi connectivity index (χ1n) is 6.16. The Morgan fingerprint density at radius 2 is 2.16 bits per heavy atom. The van der Waals surface area contributed by atoms with Gasteiger partial charge in [0.25, 0.3) is 5.91 Å². The van der Waals surface area contributed by atoms with Gasteiger partial charge in [-0.1, -0.05) is 0 Å². The molecule has 0 radical (unpaired) electrons. The number of rotatable bonds is 1. The van der Waals surface area contributed by atoms with Crippen molar-refractivity contribution < 1.29 is 4.79 Å². The van der Waals surface area contributed by atoms with Gasteiger partial charge in [-0.05, 0) is 38.3 Å². The molecule has 1 amide bonds. The highest BCUT2D eigenvalue weighted by Gasteiger charge is 2.35. The van der Waals surface area contributed by atoms with Crippen molar-refractivity contribution in [2.24, 2.45) is 11.8 Å². The Hall–Kier alpha value is -0.360. The van der Waals surface area contributed by atoms with Gasteiger partial charge in [-0.25, -0.2) is 4.98 Å². The van der Waals surface area contributed by atoms with Gasteiger partial charge in [-0.15, -0.1) is 36.2 Å². The van der Waals surface area contributed by atoms with E-state index in [9.17, 15) is 4.79 Å². The van der Waals surface area contributed by atoms with Gasteiger partial charge < -0.3 is 10.2 Å². The van der Waals surface area contributed by atoms with Crippen LogP contribution in [0.4, 0.5) is 0 Å². The molecule has 7 heteroatoms. The SMILES string of the molecule is Cc1ncsc1C(=O)N1CCC2CNCC2C1.Cl.Cl. The van der Waals surface area contributed by atoms with Gasteiger partial charge in [0.1, 0.15) is 4.88 Å². The Kier molecular flexibility index (Phi) is 6.05. The first-order valence-corrected chi connectivity index (χ1v) is 7.03. The van der Waals surface area contributed by atoms with E-state index < -0.39 is 0 Å². The molecular weight excluding hydrogens is 305 g/mol. The molecule has 3 rings (SSSR count). The third-order valence-corrected chi connectivity index (χ3v) is 4.85. The van der Waals surface area contributed by atoms with Crippen LogP contribution in [0.3, 0.4) is 0 Å². The van der Waals surface area contributed by atoms with Gasteiger partial charge in [0.15, 0.2) is 0 Å². The van der Waals surface area contributed by atoms with Crippen molar-refractivity contribution in [2.75, 3.05) is 26.2 Å². The Bertz CT molecular complexity index is 440. The van der Waals surface area contributed by atoms with E-state index in [1.54, 1.807) is 5.51 Å². The van der Waals surface area contributed by atoms with Crippen LogP contribution in [-0.2, 0) is 0 Å². The fraction of sp³-hybridized carbons (Fsp3) is 0.667. The van der Waals surface area contributed by atoms with Crippen molar-refractivity contribution in [3.05, 3.63) is 16.1 Å². The van der Waals surface area contributed by atoms with E-state index in [4.69, 9.17) is 0 Å². The molecule has 2 unspecified atom stereocenters. The highest BCUT2D eigenvalue weighted by molar-refractivity contribution is 7.11. The van der Waals surface area contributed by atoms with E-state index in [-0.39, 0.29) is 30.7 Å². The fourth-order valence-electron chi connectivity index (χ4n) is 2.87. The summed E-state index contributed by atoms with van der Waals surface area (Å²) in [5.74, 6) is 1.61. The Morgan fingerprint density at radius 1 is 1.42 bits per heavy atom. The maximum absolute atomic E-state index is 12.3. The van der Waals surface area contributed by atoms with Gasteiger partial charge in [0, 0.05) is 13.1 Å². The van der Waals surface area contributed by atoms with Crippen molar-refractivity contribution >= 4 is 42.1 Å². The standard InChI is InChI=1S/C12H17N3OS.2ClH/c1-8-11(17-7-14-8)12(16)15-3-2-9-4-13-5-10(9)6-15;;/h7,9-10,13H,2-6H2,1H3;2*1H. The molecule has 2 aliphatic heterocycles. The van der Waals surface area contributed by atoms with E-state index in [2.05, 4.69) is 10.3 Å². The summed E-state index contributed by atoms with van der Waals surface area (Å²) >= 11 is 1.46. The van der Waals surface area contributed by atoms with Crippen molar-refractivity contribution in [3.63, 3.8) is 0 Å². The zero-order valence-corrected chi connectivity index (χ0v) is 13.2. The molecule has 108 valence electrons. The predicted molar refractivity (Wildman–Crippen MR) is 81.7 cm³/mol. The number of halogens is 2. The quantitative estimate of drug-likeness (QED) is 0.859. The van der Waals surface area contributed by atoms with E-state index in [0.717, 1.165) is 49.1 Å². The van der Waals surface area contributed by atoms with Gasteiger partial charge in [-0.3, -0.25) is 4.79 Å². The number of nitrogens with one attached hydrogen (secondary N) is 1. The lowest BCUT2D eigenvalue weighted by atomic mass is 9.88. The Balaban J connectivity index is 0.000000902. The summed E-state index contributed by atoms with van der Waals surface area (Å²) < 4.78 is 0. The number of nitrogens with zero attached hydrogens (tertiary/aromatic N) is 2. The van der Waals surface area contributed by atoms with Crippen LogP contribution in [0.15, 0.2) is 5.51 Å². The molecule has 1 aromatic rings. The van der Waals surface area contributed by atoms with Crippen LogP contribution in [0.2, 0.25) is 0 Å². The molecule has 2 fully saturated rings. The number of thiazole rings is 1. The van der Waals surface area contributed by atoms with E-state index in [1.165, 1.54) is 11.3 Å². The number of aryl methyl sites for hydroxylation is 1. The van der Waals surface area contributed by atoms with Crippen LogP contribution in [0.25, 0.3) is 0 Å². The third kappa shape index (κ3) is 3.21. The lowest BCUT2D eigenvalue weighted by Gasteiger charge is -2.34. The number of amides is 1. The van der Waals surface area contributed by atoms with Crippen LogP contribution >= 0.6 is 36.2 Å². The van der Waals surface area contributed by atoms with Crippen molar-refractivity contribution in [2.45, 2.75) is 13.3 Å². The van der Waals surface area contributed by atoms with Crippen molar-refractivity contribution in [1.29, 1.82) is 0 Å². The minimum Gasteiger partial charge on any atom is -0.338 e. The van der Waals surface area contributed by atoms with Crippen molar-refractivity contribution in [3.8, 4) is 0 Å². The molecule has 4 nitrogen and oxygen atoms in total. The second-order valence-corrected chi connectivity index (χ2v) is 5.84. The van der Waals surface area contributed by atoms with Gasteiger partial charge in [-0.2, -0.15) is 0 Å². The van der Waals surface area contributed by atoms with Crippen LogP contribution < -0.4 is 5.32 Å². The van der Waals surface area contributed by atoms with Crippen molar-refractivity contribution in [1.82, 2.24) is 15.2 Å². The molecular formula is C12H19Cl2N3OS. The Morgan fingerprint density at radius 3 is 2.84 bits per heavy atom. The largest absolute Gasteiger partial charge is 0.338 e. The minimum absolute atomic E-state index is 0. The molecule has 0 aliphatic carbocycles. The maximum Gasteiger partial charge on any atom is 0.265 e. The highest BCUT2D eigenvalue weighted by atomic mass is 35.5. The number of aromatic nitrogens is 1. The molecule has 1 aromatic heterocycles.